The van der Waals surface area contributed by atoms with Crippen molar-refractivity contribution in [2.24, 2.45) is 0 Å². The van der Waals surface area contributed by atoms with Crippen LogP contribution < -0.4 is 0 Å². The van der Waals surface area contributed by atoms with Crippen molar-refractivity contribution >= 4 is 50.2 Å². The summed E-state index contributed by atoms with van der Waals surface area (Å²) in [6.07, 6.45) is 1.84. The minimum atomic E-state index is -1.09. The Balaban J connectivity index is 1.04. The van der Waals surface area contributed by atoms with Crippen molar-refractivity contribution in [3.05, 3.63) is 60.2 Å². The van der Waals surface area contributed by atoms with Gasteiger partial charge in [0.2, 0.25) is 0 Å². The molecule has 0 aromatic heterocycles. The number of nitrogens with zero attached hydrogens (tertiary/aromatic N) is 1. The van der Waals surface area contributed by atoms with Gasteiger partial charge in [-0.2, -0.15) is 0 Å². The maximum atomic E-state index is 12.2. The Morgan fingerprint density at radius 2 is 1.19 bits per heavy atom. The van der Waals surface area contributed by atoms with Gasteiger partial charge in [-0.05, 0) is 50.7 Å². The summed E-state index contributed by atoms with van der Waals surface area (Å²) in [5.74, 6) is -2.43. The molecule has 2 N–H and O–H groups in total. The number of aliphatic carboxylic acids is 2. The summed E-state index contributed by atoms with van der Waals surface area (Å²) in [5.41, 5.74) is 1.24. The van der Waals surface area contributed by atoms with Crippen molar-refractivity contribution in [2.75, 3.05) is 65.9 Å². The fourth-order valence-corrected chi connectivity index (χ4v) is 5.06. The average molecular weight is 580 g/mol. The number of hydrogen-bond donors (Lipinski definition) is 2. The molecule has 0 heterocycles. The minimum Gasteiger partial charge on any atom is -0.480 e. The van der Waals surface area contributed by atoms with Gasteiger partial charge >= 0.3 is 17.9 Å². The monoisotopic (exact) mass is 579 g/mol. The van der Waals surface area contributed by atoms with Gasteiger partial charge in [-0.25, -0.2) is 0 Å². The first kappa shape index (κ1) is 31.1. The Bertz CT molecular complexity index is 1440. The molecule has 10 nitrogen and oxygen atoms in total. The lowest BCUT2D eigenvalue weighted by molar-refractivity contribution is -0.146. The van der Waals surface area contributed by atoms with Crippen LogP contribution >= 0.6 is 0 Å². The van der Waals surface area contributed by atoms with Crippen LogP contribution in [0, 0.1) is 0 Å². The number of carbonyl (C=O) groups excluding carboxylic acids is 1. The molecule has 0 atom stereocenters. The molecule has 4 aromatic rings. The first-order valence-electron chi connectivity index (χ1n) is 14.1. The molecule has 0 radical (unpaired) electrons. The van der Waals surface area contributed by atoms with Crippen molar-refractivity contribution in [3.8, 4) is 0 Å². The third-order valence-corrected chi connectivity index (χ3v) is 6.95. The van der Waals surface area contributed by atoms with E-state index in [1.165, 1.54) is 42.8 Å². The fourth-order valence-electron chi connectivity index (χ4n) is 5.06. The second-order valence-corrected chi connectivity index (χ2v) is 9.99. The summed E-state index contributed by atoms with van der Waals surface area (Å²) in [6, 6.07) is 19.4. The molecule has 0 amide bonds. The second kappa shape index (κ2) is 16.0. The summed E-state index contributed by atoms with van der Waals surface area (Å²) >= 11 is 0. The first-order chi connectivity index (χ1) is 20.4. The number of benzene rings is 4. The lowest BCUT2D eigenvalue weighted by Crippen LogP contribution is -2.37. The van der Waals surface area contributed by atoms with Crippen molar-refractivity contribution in [3.63, 3.8) is 0 Å². The van der Waals surface area contributed by atoms with Crippen molar-refractivity contribution in [2.45, 2.75) is 19.3 Å². The van der Waals surface area contributed by atoms with Gasteiger partial charge in [0, 0.05) is 13.0 Å². The van der Waals surface area contributed by atoms with Gasteiger partial charge in [0.1, 0.15) is 6.61 Å². The van der Waals surface area contributed by atoms with Gasteiger partial charge in [0.25, 0.3) is 0 Å². The highest BCUT2D eigenvalue weighted by atomic mass is 16.6. The van der Waals surface area contributed by atoms with Crippen LogP contribution in [0.1, 0.15) is 18.4 Å². The van der Waals surface area contributed by atoms with E-state index in [1.54, 1.807) is 0 Å². The third-order valence-electron chi connectivity index (χ3n) is 6.95. The number of ether oxygens (including phenoxy) is 4. The van der Waals surface area contributed by atoms with Gasteiger partial charge in [0.05, 0.1) is 52.7 Å². The molecule has 0 aliphatic heterocycles. The first-order valence-corrected chi connectivity index (χ1v) is 14.1. The maximum absolute atomic E-state index is 12.2. The number of rotatable bonds is 20. The van der Waals surface area contributed by atoms with E-state index in [0.717, 1.165) is 6.42 Å². The van der Waals surface area contributed by atoms with Crippen molar-refractivity contribution < 1.29 is 43.5 Å². The van der Waals surface area contributed by atoms with Crippen molar-refractivity contribution in [1.29, 1.82) is 0 Å². The number of carboxylic acid groups (broad SMARTS) is 2. The van der Waals surface area contributed by atoms with E-state index in [1.807, 2.05) is 0 Å². The molecule has 4 rings (SSSR count). The van der Waals surface area contributed by atoms with Gasteiger partial charge in [-0.3, -0.25) is 19.3 Å². The Hall–Kier alpha value is -3.83. The molecule has 10 heteroatoms. The Morgan fingerprint density at radius 1 is 0.643 bits per heavy atom. The van der Waals surface area contributed by atoms with E-state index < -0.39 is 11.9 Å². The molecule has 0 aliphatic carbocycles. The summed E-state index contributed by atoms with van der Waals surface area (Å²) in [6.45, 7) is 1.45. The van der Waals surface area contributed by atoms with Crippen LogP contribution in [-0.4, -0.2) is 98.9 Å². The van der Waals surface area contributed by atoms with Crippen LogP contribution in [0.4, 0.5) is 0 Å². The van der Waals surface area contributed by atoms with E-state index in [0.29, 0.717) is 39.3 Å². The highest BCUT2D eigenvalue weighted by Gasteiger charge is 2.13. The molecule has 0 saturated heterocycles. The smallest absolute Gasteiger partial charge is 0.317 e. The normalized spacial score (nSPS) is 11.6. The second-order valence-electron chi connectivity index (χ2n) is 9.99. The maximum Gasteiger partial charge on any atom is 0.317 e. The van der Waals surface area contributed by atoms with Gasteiger partial charge in [-0.1, -0.05) is 54.6 Å². The molecular formula is C32H37NO9. The van der Waals surface area contributed by atoms with Crippen LogP contribution in [0.2, 0.25) is 0 Å². The van der Waals surface area contributed by atoms with E-state index in [-0.39, 0.29) is 45.4 Å². The number of carbonyl (C=O) groups is 3. The van der Waals surface area contributed by atoms with Crippen molar-refractivity contribution in [1.82, 2.24) is 4.90 Å². The van der Waals surface area contributed by atoms with Crippen LogP contribution in [0.3, 0.4) is 0 Å². The molecular weight excluding hydrogens is 542 g/mol. The molecule has 42 heavy (non-hydrogen) atoms. The molecule has 0 unspecified atom stereocenters. The van der Waals surface area contributed by atoms with Gasteiger partial charge < -0.3 is 29.2 Å². The average Bonchev–Trinajstić information content (AvgIpc) is 2.96. The summed E-state index contributed by atoms with van der Waals surface area (Å²) in [7, 11) is 0. The minimum absolute atomic E-state index is 0.184. The number of aryl methyl sites for hydroxylation is 1. The highest BCUT2D eigenvalue weighted by Crippen LogP contribution is 2.36. The standard InChI is InChI=1S/C32H37NO9/c34-28(35)21-33(22-29(36)37)13-14-39-15-16-40-17-18-41-19-20-42-30(38)6-2-3-23-7-8-26-10-9-24-4-1-5-25-11-12-27(23)32(26)31(24)25/h1,4-5,7-12H,2-3,6,13-22H2,(H,34,35)(H,36,37). The Labute approximate surface area is 244 Å². The van der Waals surface area contributed by atoms with E-state index in [2.05, 4.69) is 54.6 Å². The number of carboxylic acids is 2. The van der Waals surface area contributed by atoms with Crippen LogP contribution in [0.5, 0.6) is 0 Å². The third kappa shape index (κ3) is 9.09. The lowest BCUT2D eigenvalue weighted by atomic mass is 9.90. The van der Waals surface area contributed by atoms with E-state index >= 15 is 0 Å². The largest absolute Gasteiger partial charge is 0.480 e. The van der Waals surface area contributed by atoms with Crippen LogP contribution in [0.25, 0.3) is 32.3 Å². The zero-order valence-corrected chi connectivity index (χ0v) is 23.6. The van der Waals surface area contributed by atoms with Crippen LogP contribution in [0.15, 0.2) is 54.6 Å². The molecule has 0 bridgehead atoms. The Morgan fingerprint density at radius 3 is 1.83 bits per heavy atom. The molecule has 0 spiro atoms. The number of hydrogen-bond acceptors (Lipinski definition) is 8. The SMILES string of the molecule is O=C(O)CN(CCOCCOCCOCCOC(=O)CCCc1ccc2ccc3cccc4ccc1c2c34)CC(=O)O. The predicted octanol–water partition coefficient (Wildman–Crippen LogP) is 3.97. The summed E-state index contributed by atoms with van der Waals surface area (Å²) < 4.78 is 21.5. The molecule has 4 aromatic carbocycles. The topological polar surface area (TPSA) is 132 Å². The highest BCUT2D eigenvalue weighted by molar-refractivity contribution is 6.23. The lowest BCUT2D eigenvalue weighted by Gasteiger charge is -2.17. The zero-order valence-electron chi connectivity index (χ0n) is 23.6. The van der Waals surface area contributed by atoms with Gasteiger partial charge in [0.15, 0.2) is 0 Å². The zero-order chi connectivity index (χ0) is 29.7. The van der Waals surface area contributed by atoms with E-state index in [9.17, 15) is 14.4 Å². The Kier molecular flexibility index (Phi) is 11.8. The number of esters is 1. The van der Waals surface area contributed by atoms with E-state index in [4.69, 9.17) is 29.2 Å². The fraction of sp³-hybridized carbons (Fsp3) is 0.406. The summed E-state index contributed by atoms with van der Waals surface area (Å²) in [4.78, 5) is 35.0. The molecule has 0 aliphatic rings. The van der Waals surface area contributed by atoms with Crippen LogP contribution in [-0.2, 0) is 39.8 Å². The predicted molar refractivity (Wildman–Crippen MR) is 158 cm³/mol. The molecule has 224 valence electrons. The molecule has 0 fully saturated rings. The quantitative estimate of drug-likeness (QED) is 0.0901. The van der Waals surface area contributed by atoms with Gasteiger partial charge in [-0.15, -0.1) is 0 Å². The summed E-state index contributed by atoms with van der Waals surface area (Å²) in [5, 5.41) is 25.2. The molecule has 0 saturated carbocycles.